The first kappa shape index (κ1) is 25.4. The smallest absolute Gasteiger partial charge is 0.191 e. The SMILES string of the molecule is CCNC(=NCc1ccc(CS(C)(=O)=O)cc1)NCCC(O)c1ccccc1.I. The number of rotatable bonds is 9. The van der Waals surface area contributed by atoms with E-state index in [0.29, 0.717) is 25.5 Å². The zero-order valence-corrected chi connectivity index (χ0v) is 20.0. The Kier molecular flexibility index (Phi) is 11.2. The van der Waals surface area contributed by atoms with Crippen LogP contribution in [0.25, 0.3) is 0 Å². The van der Waals surface area contributed by atoms with Crippen LogP contribution in [0.4, 0.5) is 0 Å². The fourth-order valence-corrected chi connectivity index (χ4v) is 3.52. The van der Waals surface area contributed by atoms with Crippen molar-refractivity contribution in [3.8, 4) is 0 Å². The summed E-state index contributed by atoms with van der Waals surface area (Å²) in [4.78, 5) is 4.55. The van der Waals surface area contributed by atoms with Crippen LogP contribution in [0, 0.1) is 0 Å². The minimum Gasteiger partial charge on any atom is -0.388 e. The summed E-state index contributed by atoms with van der Waals surface area (Å²) in [6, 6.07) is 17.0. The van der Waals surface area contributed by atoms with Gasteiger partial charge < -0.3 is 15.7 Å². The second-order valence-corrected chi connectivity index (χ2v) is 8.86. The number of sulfone groups is 1. The summed E-state index contributed by atoms with van der Waals surface area (Å²) in [5, 5.41) is 16.7. The van der Waals surface area contributed by atoms with Crippen LogP contribution >= 0.6 is 24.0 Å². The molecule has 0 amide bonds. The predicted molar refractivity (Wildman–Crippen MR) is 129 cm³/mol. The summed E-state index contributed by atoms with van der Waals surface area (Å²) in [7, 11) is -3.03. The van der Waals surface area contributed by atoms with Crippen molar-refractivity contribution in [2.75, 3.05) is 19.3 Å². The van der Waals surface area contributed by atoms with Gasteiger partial charge in [0.1, 0.15) is 0 Å². The molecule has 160 valence electrons. The van der Waals surface area contributed by atoms with E-state index in [-0.39, 0.29) is 29.7 Å². The molecule has 0 saturated heterocycles. The Morgan fingerprint density at radius 1 is 1.03 bits per heavy atom. The fourth-order valence-electron chi connectivity index (χ4n) is 2.72. The van der Waals surface area contributed by atoms with Crippen molar-refractivity contribution >= 4 is 39.8 Å². The summed E-state index contributed by atoms with van der Waals surface area (Å²) in [6.07, 6.45) is 1.29. The van der Waals surface area contributed by atoms with E-state index in [2.05, 4.69) is 15.6 Å². The summed E-state index contributed by atoms with van der Waals surface area (Å²) >= 11 is 0. The van der Waals surface area contributed by atoms with E-state index in [4.69, 9.17) is 0 Å². The van der Waals surface area contributed by atoms with Crippen LogP contribution in [-0.2, 0) is 22.1 Å². The van der Waals surface area contributed by atoms with Crippen LogP contribution in [0.2, 0.25) is 0 Å². The Bertz CT molecular complexity index is 856. The molecule has 0 bridgehead atoms. The van der Waals surface area contributed by atoms with E-state index in [9.17, 15) is 13.5 Å². The Labute approximate surface area is 190 Å². The summed E-state index contributed by atoms with van der Waals surface area (Å²) in [6.45, 7) is 3.81. The van der Waals surface area contributed by atoms with E-state index in [1.807, 2.05) is 61.5 Å². The zero-order chi connectivity index (χ0) is 20.4. The van der Waals surface area contributed by atoms with Crippen molar-refractivity contribution in [2.24, 2.45) is 4.99 Å². The lowest BCUT2D eigenvalue weighted by molar-refractivity contribution is 0.168. The summed E-state index contributed by atoms with van der Waals surface area (Å²) in [5.41, 5.74) is 2.68. The number of hydrogen-bond acceptors (Lipinski definition) is 4. The molecule has 0 saturated carbocycles. The van der Waals surface area contributed by atoms with Gasteiger partial charge >= 0.3 is 0 Å². The highest BCUT2D eigenvalue weighted by molar-refractivity contribution is 14.0. The Morgan fingerprint density at radius 3 is 2.24 bits per heavy atom. The molecule has 3 N–H and O–H groups in total. The van der Waals surface area contributed by atoms with Gasteiger partial charge in [0.15, 0.2) is 15.8 Å². The number of nitrogens with one attached hydrogen (secondary N) is 2. The quantitative estimate of drug-likeness (QED) is 0.263. The van der Waals surface area contributed by atoms with Crippen LogP contribution < -0.4 is 10.6 Å². The number of halogens is 1. The van der Waals surface area contributed by atoms with Gasteiger partial charge in [-0.2, -0.15) is 0 Å². The standard InChI is InChI=1S/C21H29N3O3S.HI/c1-3-22-21(23-14-13-20(25)19-7-5-4-6-8-19)24-15-17-9-11-18(12-10-17)16-28(2,26)27;/h4-12,20,25H,3,13-16H2,1-2H3,(H2,22,23,24);1H. The molecule has 0 heterocycles. The molecule has 29 heavy (non-hydrogen) atoms. The average Bonchev–Trinajstić information content (AvgIpc) is 2.66. The third kappa shape index (κ3) is 10.1. The second-order valence-electron chi connectivity index (χ2n) is 6.72. The molecule has 2 rings (SSSR count). The molecule has 0 aliphatic rings. The first-order valence-corrected chi connectivity index (χ1v) is 11.4. The monoisotopic (exact) mass is 531 g/mol. The van der Waals surface area contributed by atoms with Crippen molar-refractivity contribution in [3.63, 3.8) is 0 Å². The number of nitrogens with zero attached hydrogens (tertiary/aromatic N) is 1. The molecule has 0 fully saturated rings. The molecule has 0 aliphatic carbocycles. The Hall–Kier alpha value is -1.65. The van der Waals surface area contributed by atoms with Crippen molar-refractivity contribution in [2.45, 2.75) is 31.7 Å². The number of hydrogen-bond donors (Lipinski definition) is 3. The second kappa shape index (κ2) is 12.8. The maximum Gasteiger partial charge on any atom is 0.191 e. The van der Waals surface area contributed by atoms with Crippen LogP contribution in [0.1, 0.15) is 36.1 Å². The molecule has 2 aromatic carbocycles. The van der Waals surface area contributed by atoms with Gasteiger partial charge in [0.05, 0.1) is 18.4 Å². The number of benzene rings is 2. The molecular weight excluding hydrogens is 501 g/mol. The van der Waals surface area contributed by atoms with Gasteiger partial charge in [0.25, 0.3) is 0 Å². The lowest BCUT2D eigenvalue weighted by atomic mass is 10.1. The zero-order valence-electron chi connectivity index (χ0n) is 16.8. The van der Waals surface area contributed by atoms with E-state index in [0.717, 1.165) is 23.2 Å². The molecule has 0 radical (unpaired) electrons. The average molecular weight is 531 g/mol. The summed E-state index contributed by atoms with van der Waals surface area (Å²) < 4.78 is 22.7. The van der Waals surface area contributed by atoms with E-state index in [1.165, 1.54) is 6.26 Å². The fraction of sp³-hybridized carbons (Fsp3) is 0.381. The highest BCUT2D eigenvalue weighted by atomic mass is 127. The first-order chi connectivity index (χ1) is 13.4. The number of guanidine groups is 1. The molecule has 1 unspecified atom stereocenters. The maximum atomic E-state index is 11.4. The van der Waals surface area contributed by atoms with Gasteiger partial charge in [-0.1, -0.05) is 54.6 Å². The topological polar surface area (TPSA) is 90.8 Å². The number of aliphatic imine (C=N–C) groups is 1. The van der Waals surface area contributed by atoms with Crippen molar-refractivity contribution in [1.29, 1.82) is 0 Å². The van der Waals surface area contributed by atoms with Gasteiger partial charge in [0.2, 0.25) is 0 Å². The molecule has 0 spiro atoms. The van der Waals surface area contributed by atoms with Crippen LogP contribution in [0.15, 0.2) is 59.6 Å². The molecule has 6 nitrogen and oxygen atoms in total. The van der Waals surface area contributed by atoms with E-state index in [1.54, 1.807) is 0 Å². The summed E-state index contributed by atoms with van der Waals surface area (Å²) in [5.74, 6) is 0.729. The predicted octanol–water partition coefficient (Wildman–Crippen LogP) is 3.03. The largest absolute Gasteiger partial charge is 0.388 e. The number of aliphatic hydroxyl groups excluding tert-OH is 1. The van der Waals surface area contributed by atoms with Crippen LogP contribution in [-0.4, -0.2) is 38.8 Å². The van der Waals surface area contributed by atoms with Gasteiger partial charge in [0, 0.05) is 19.3 Å². The molecular formula is C21H30IN3O3S. The third-order valence-electron chi connectivity index (χ3n) is 4.11. The molecule has 0 aliphatic heterocycles. The normalized spacial score (nSPS) is 12.7. The van der Waals surface area contributed by atoms with Gasteiger partial charge in [-0.05, 0) is 30.0 Å². The lowest BCUT2D eigenvalue weighted by Gasteiger charge is -2.14. The Morgan fingerprint density at radius 2 is 1.66 bits per heavy atom. The molecule has 8 heteroatoms. The molecule has 1 atom stereocenters. The van der Waals surface area contributed by atoms with Gasteiger partial charge in [-0.15, -0.1) is 24.0 Å². The lowest BCUT2D eigenvalue weighted by Crippen LogP contribution is -2.38. The van der Waals surface area contributed by atoms with Gasteiger partial charge in [-0.25, -0.2) is 13.4 Å². The Balaban J connectivity index is 0.00000420. The first-order valence-electron chi connectivity index (χ1n) is 9.38. The minimum atomic E-state index is -3.03. The minimum absolute atomic E-state index is 0. The third-order valence-corrected chi connectivity index (χ3v) is 4.97. The van der Waals surface area contributed by atoms with Crippen molar-refractivity contribution < 1.29 is 13.5 Å². The van der Waals surface area contributed by atoms with Crippen molar-refractivity contribution in [3.05, 3.63) is 71.3 Å². The van der Waals surface area contributed by atoms with E-state index >= 15 is 0 Å². The molecule has 0 aromatic heterocycles. The van der Waals surface area contributed by atoms with E-state index < -0.39 is 15.9 Å². The highest BCUT2D eigenvalue weighted by Gasteiger charge is 2.07. The maximum absolute atomic E-state index is 11.4. The molecule has 2 aromatic rings. The number of aliphatic hydroxyl groups is 1. The van der Waals surface area contributed by atoms with Crippen molar-refractivity contribution in [1.82, 2.24) is 10.6 Å². The van der Waals surface area contributed by atoms with Crippen LogP contribution in [0.5, 0.6) is 0 Å². The highest BCUT2D eigenvalue weighted by Crippen LogP contribution is 2.14. The van der Waals surface area contributed by atoms with Gasteiger partial charge in [-0.3, -0.25) is 0 Å². The van der Waals surface area contributed by atoms with Crippen LogP contribution in [0.3, 0.4) is 0 Å².